The molecule has 3 rings (SSSR count). The molecule has 0 atom stereocenters. The van der Waals surface area contributed by atoms with Crippen LogP contribution in [0.5, 0.6) is 5.75 Å². The van der Waals surface area contributed by atoms with Gasteiger partial charge in [-0.1, -0.05) is 0 Å². The molecule has 2 aromatic rings. The van der Waals surface area contributed by atoms with Gasteiger partial charge in [-0.05, 0) is 58.7 Å². The first-order valence-corrected chi connectivity index (χ1v) is 9.75. The van der Waals surface area contributed by atoms with Gasteiger partial charge < -0.3 is 15.0 Å². The molecule has 2 N–H and O–H groups in total. The standard InChI is InChI=1S/C20H27F3N4O2/c1-20(2,3)26-17(28)11-27-6-4-12(5-7-27)8-16-24-14-9-13(21)10-15(18(14)25-16)29-19(22)23/h9-10,12,19H,4-8,11H2,1-3H3,(H,24,25)(H,26,28). The molecule has 2 heterocycles. The smallest absolute Gasteiger partial charge is 0.387 e. The summed E-state index contributed by atoms with van der Waals surface area (Å²) < 4.78 is 43.2. The number of nitrogens with one attached hydrogen (secondary N) is 2. The molecule has 29 heavy (non-hydrogen) atoms. The van der Waals surface area contributed by atoms with Crippen LogP contribution in [0.3, 0.4) is 0 Å². The van der Waals surface area contributed by atoms with E-state index >= 15 is 0 Å². The molecule has 0 unspecified atom stereocenters. The zero-order chi connectivity index (χ0) is 21.2. The molecule has 1 fully saturated rings. The van der Waals surface area contributed by atoms with Crippen LogP contribution in [0.1, 0.15) is 39.4 Å². The Morgan fingerprint density at radius 3 is 2.66 bits per heavy atom. The molecule has 9 heteroatoms. The number of nitrogens with zero attached hydrogens (tertiary/aromatic N) is 2. The number of carbonyl (C=O) groups excluding carboxylic acids is 1. The lowest BCUT2D eigenvalue weighted by molar-refractivity contribution is -0.124. The van der Waals surface area contributed by atoms with Crippen LogP contribution in [0.4, 0.5) is 13.2 Å². The molecule has 1 aliphatic heterocycles. The van der Waals surface area contributed by atoms with Crippen molar-refractivity contribution in [3.8, 4) is 5.75 Å². The second-order valence-electron chi connectivity index (χ2n) is 8.58. The third kappa shape index (κ3) is 6.09. The average Bonchev–Trinajstić information content (AvgIpc) is 2.96. The van der Waals surface area contributed by atoms with Gasteiger partial charge in [0.05, 0.1) is 12.1 Å². The Bertz CT molecular complexity index is 855. The van der Waals surface area contributed by atoms with Crippen molar-refractivity contribution in [1.29, 1.82) is 0 Å². The highest BCUT2D eigenvalue weighted by Gasteiger charge is 2.24. The minimum atomic E-state index is -3.04. The zero-order valence-electron chi connectivity index (χ0n) is 16.9. The lowest BCUT2D eigenvalue weighted by Gasteiger charge is -2.32. The Hall–Kier alpha value is -2.29. The number of carbonyl (C=O) groups is 1. The Morgan fingerprint density at radius 2 is 2.03 bits per heavy atom. The predicted molar refractivity (Wildman–Crippen MR) is 103 cm³/mol. The fourth-order valence-electron chi connectivity index (χ4n) is 3.67. The maximum absolute atomic E-state index is 13.7. The van der Waals surface area contributed by atoms with Gasteiger partial charge in [-0.2, -0.15) is 8.78 Å². The summed E-state index contributed by atoms with van der Waals surface area (Å²) in [6, 6.07) is 2.14. The van der Waals surface area contributed by atoms with E-state index in [9.17, 15) is 18.0 Å². The molecule has 1 saturated heterocycles. The quantitative estimate of drug-likeness (QED) is 0.762. The molecule has 0 bridgehead atoms. The van der Waals surface area contributed by atoms with Crippen LogP contribution < -0.4 is 10.1 Å². The normalized spacial score (nSPS) is 16.5. The van der Waals surface area contributed by atoms with E-state index in [-0.39, 0.29) is 22.7 Å². The van der Waals surface area contributed by atoms with Crippen molar-refractivity contribution in [1.82, 2.24) is 20.2 Å². The number of aromatic nitrogens is 2. The number of hydrogen-bond acceptors (Lipinski definition) is 4. The zero-order valence-corrected chi connectivity index (χ0v) is 16.9. The van der Waals surface area contributed by atoms with Crippen LogP contribution in [0.25, 0.3) is 11.0 Å². The first-order valence-electron chi connectivity index (χ1n) is 9.75. The summed E-state index contributed by atoms with van der Waals surface area (Å²) >= 11 is 0. The summed E-state index contributed by atoms with van der Waals surface area (Å²) in [5.74, 6) is 0.0552. The number of halogens is 3. The van der Waals surface area contributed by atoms with E-state index in [0.29, 0.717) is 30.2 Å². The number of piperidine rings is 1. The van der Waals surface area contributed by atoms with E-state index in [0.717, 1.165) is 32.0 Å². The largest absolute Gasteiger partial charge is 0.432 e. The maximum atomic E-state index is 13.7. The monoisotopic (exact) mass is 412 g/mol. The number of amides is 1. The molecule has 1 aliphatic rings. The number of H-pyrrole nitrogens is 1. The summed E-state index contributed by atoms with van der Waals surface area (Å²) in [6.07, 6.45) is 2.43. The third-order valence-corrected chi connectivity index (χ3v) is 4.85. The number of fused-ring (bicyclic) bond motifs is 1. The van der Waals surface area contributed by atoms with Crippen molar-refractivity contribution in [2.24, 2.45) is 5.92 Å². The molecule has 0 aliphatic carbocycles. The van der Waals surface area contributed by atoms with Crippen LogP contribution in [-0.2, 0) is 11.2 Å². The molecule has 160 valence electrons. The summed E-state index contributed by atoms with van der Waals surface area (Å²) in [5, 5.41) is 2.96. The highest BCUT2D eigenvalue weighted by atomic mass is 19.3. The summed E-state index contributed by atoms with van der Waals surface area (Å²) in [7, 11) is 0. The van der Waals surface area contributed by atoms with Gasteiger partial charge in [0, 0.05) is 18.0 Å². The first kappa shape index (κ1) is 21.4. The average molecular weight is 412 g/mol. The van der Waals surface area contributed by atoms with E-state index in [4.69, 9.17) is 0 Å². The Kier molecular flexibility index (Phi) is 6.36. The van der Waals surface area contributed by atoms with Crippen LogP contribution in [-0.4, -0.2) is 52.6 Å². The van der Waals surface area contributed by atoms with E-state index in [2.05, 4.69) is 24.9 Å². The van der Waals surface area contributed by atoms with Crippen molar-refractivity contribution < 1.29 is 22.7 Å². The fraction of sp³-hybridized carbons (Fsp3) is 0.600. The van der Waals surface area contributed by atoms with Gasteiger partial charge in [-0.25, -0.2) is 9.37 Å². The molecular weight excluding hydrogens is 385 g/mol. The second kappa shape index (κ2) is 8.61. The van der Waals surface area contributed by atoms with Gasteiger partial charge in [0.25, 0.3) is 0 Å². The van der Waals surface area contributed by atoms with Crippen molar-refractivity contribution in [3.63, 3.8) is 0 Å². The minimum absolute atomic E-state index is 0.0156. The molecule has 0 saturated carbocycles. The Morgan fingerprint density at radius 1 is 1.34 bits per heavy atom. The molecule has 0 spiro atoms. The lowest BCUT2D eigenvalue weighted by atomic mass is 9.93. The number of alkyl halides is 2. The molecule has 6 nitrogen and oxygen atoms in total. The number of hydrogen-bond donors (Lipinski definition) is 2. The van der Waals surface area contributed by atoms with E-state index in [1.54, 1.807) is 0 Å². The highest BCUT2D eigenvalue weighted by Crippen LogP contribution is 2.28. The minimum Gasteiger partial charge on any atom is -0.432 e. The summed E-state index contributed by atoms with van der Waals surface area (Å²) in [4.78, 5) is 21.6. The molecule has 1 aromatic carbocycles. The van der Waals surface area contributed by atoms with Gasteiger partial charge in [0.1, 0.15) is 17.2 Å². The van der Waals surface area contributed by atoms with Gasteiger partial charge in [-0.15, -0.1) is 0 Å². The van der Waals surface area contributed by atoms with Gasteiger partial charge >= 0.3 is 6.61 Å². The molecule has 1 amide bonds. The Labute approximate surface area is 167 Å². The number of likely N-dealkylation sites (tertiary alicyclic amines) is 1. The number of benzene rings is 1. The van der Waals surface area contributed by atoms with Crippen molar-refractivity contribution in [3.05, 3.63) is 23.8 Å². The number of aromatic amines is 1. The highest BCUT2D eigenvalue weighted by molar-refractivity contribution is 5.82. The third-order valence-electron chi connectivity index (χ3n) is 4.85. The van der Waals surface area contributed by atoms with E-state index < -0.39 is 12.4 Å². The van der Waals surface area contributed by atoms with Crippen LogP contribution >= 0.6 is 0 Å². The van der Waals surface area contributed by atoms with E-state index in [1.807, 2.05) is 20.8 Å². The van der Waals surface area contributed by atoms with Gasteiger partial charge in [0.2, 0.25) is 5.91 Å². The van der Waals surface area contributed by atoms with Gasteiger partial charge in [-0.3, -0.25) is 9.69 Å². The van der Waals surface area contributed by atoms with Gasteiger partial charge in [0.15, 0.2) is 5.75 Å². The lowest BCUT2D eigenvalue weighted by Crippen LogP contribution is -2.47. The number of rotatable bonds is 6. The summed E-state index contributed by atoms with van der Waals surface area (Å²) in [6.45, 7) is 4.80. The van der Waals surface area contributed by atoms with Crippen LogP contribution in [0, 0.1) is 11.7 Å². The van der Waals surface area contributed by atoms with E-state index in [1.165, 1.54) is 6.07 Å². The number of imidazole rings is 1. The van der Waals surface area contributed by atoms with Crippen molar-refractivity contribution >= 4 is 16.9 Å². The SMILES string of the molecule is CC(C)(C)NC(=O)CN1CCC(Cc2nc3c(OC(F)F)cc(F)cc3[nH]2)CC1. The molecule has 0 radical (unpaired) electrons. The molecular formula is C20H27F3N4O2. The topological polar surface area (TPSA) is 70.2 Å². The van der Waals surface area contributed by atoms with Crippen LogP contribution in [0.2, 0.25) is 0 Å². The second-order valence-corrected chi connectivity index (χ2v) is 8.58. The fourth-order valence-corrected chi connectivity index (χ4v) is 3.67. The maximum Gasteiger partial charge on any atom is 0.387 e. The van der Waals surface area contributed by atoms with Crippen molar-refractivity contribution in [2.45, 2.75) is 52.2 Å². The molecule has 1 aromatic heterocycles. The van der Waals surface area contributed by atoms with Crippen LogP contribution in [0.15, 0.2) is 12.1 Å². The first-order chi connectivity index (χ1) is 13.6. The predicted octanol–water partition coefficient (Wildman–Crippen LogP) is 3.47. The number of ether oxygens (including phenoxy) is 1. The summed E-state index contributed by atoms with van der Waals surface area (Å²) in [5.41, 5.74) is 0.299. The Balaban J connectivity index is 1.58. The van der Waals surface area contributed by atoms with Crippen molar-refractivity contribution in [2.75, 3.05) is 19.6 Å².